The van der Waals surface area contributed by atoms with Gasteiger partial charge in [-0.25, -0.2) is 0 Å². The molecule has 1 aromatic rings. The molecular formula is C8H7O4P. The molecule has 0 unspecified atom stereocenters. The van der Waals surface area contributed by atoms with Crippen LogP contribution in [0, 0.1) is 0 Å². The molecule has 0 aromatic heterocycles. The van der Waals surface area contributed by atoms with E-state index in [1.807, 2.05) is 0 Å². The van der Waals surface area contributed by atoms with Crippen molar-refractivity contribution < 1.29 is 18.1 Å². The zero-order valence-corrected chi connectivity index (χ0v) is 7.57. The normalized spacial score (nSPS) is 16.6. The molecule has 4 nitrogen and oxygen atoms in total. The number of rotatable bonds is 2. The SMILES string of the molecule is C=COP1(=O)Oc2ccccc2O1. The fraction of sp³-hybridized carbons (Fsp3) is 0. The van der Waals surface area contributed by atoms with Gasteiger partial charge in [-0.3, -0.25) is 0 Å². The Morgan fingerprint density at radius 3 is 2.31 bits per heavy atom. The lowest BCUT2D eigenvalue weighted by Crippen LogP contribution is -1.92. The van der Waals surface area contributed by atoms with E-state index in [1.54, 1.807) is 24.3 Å². The molecular weight excluding hydrogens is 191 g/mol. The third-order valence-electron chi connectivity index (χ3n) is 1.47. The van der Waals surface area contributed by atoms with Gasteiger partial charge in [0.25, 0.3) is 0 Å². The van der Waals surface area contributed by atoms with Gasteiger partial charge in [0.15, 0.2) is 11.5 Å². The van der Waals surface area contributed by atoms with Crippen LogP contribution in [0.5, 0.6) is 11.5 Å². The third-order valence-corrected chi connectivity index (χ3v) is 2.72. The van der Waals surface area contributed by atoms with Crippen LogP contribution in [0.1, 0.15) is 0 Å². The highest BCUT2D eigenvalue weighted by atomic mass is 31.2. The van der Waals surface area contributed by atoms with Crippen molar-refractivity contribution in [1.82, 2.24) is 0 Å². The Morgan fingerprint density at radius 2 is 1.85 bits per heavy atom. The van der Waals surface area contributed by atoms with Crippen LogP contribution in [0.15, 0.2) is 37.1 Å². The van der Waals surface area contributed by atoms with Gasteiger partial charge in [0.1, 0.15) is 0 Å². The Kier molecular flexibility index (Phi) is 1.78. The zero-order valence-electron chi connectivity index (χ0n) is 6.67. The lowest BCUT2D eigenvalue weighted by atomic mass is 10.3. The van der Waals surface area contributed by atoms with Crippen LogP contribution in [0.4, 0.5) is 0 Å². The largest absolute Gasteiger partial charge is 0.646 e. The van der Waals surface area contributed by atoms with Crippen LogP contribution in [0.3, 0.4) is 0 Å². The van der Waals surface area contributed by atoms with Crippen molar-refractivity contribution in [2.75, 3.05) is 0 Å². The molecule has 0 saturated heterocycles. The van der Waals surface area contributed by atoms with Crippen molar-refractivity contribution >= 4 is 7.82 Å². The number of hydrogen-bond acceptors (Lipinski definition) is 4. The number of benzene rings is 1. The third kappa shape index (κ3) is 1.40. The molecule has 0 radical (unpaired) electrons. The number of para-hydroxylation sites is 2. The van der Waals surface area contributed by atoms with Crippen molar-refractivity contribution in [3.05, 3.63) is 37.1 Å². The van der Waals surface area contributed by atoms with Crippen molar-refractivity contribution in [2.24, 2.45) is 0 Å². The van der Waals surface area contributed by atoms with E-state index in [-0.39, 0.29) is 0 Å². The number of hydrogen-bond donors (Lipinski definition) is 0. The van der Waals surface area contributed by atoms with Crippen molar-refractivity contribution in [1.29, 1.82) is 0 Å². The summed E-state index contributed by atoms with van der Waals surface area (Å²) in [6.07, 6.45) is 1.03. The van der Waals surface area contributed by atoms with Gasteiger partial charge >= 0.3 is 7.82 Å². The highest BCUT2D eigenvalue weighted by molar-refractivity contribution is 7.49. The summed E-state index contributed by atoms with van der Waals surface area (Å²) in [7, 11) is -3.47. The maximum Gasteiger partial charge on any atom is 0.646 e. The predicted octanol–water partition coefficient (Wildman–Crippen LogP) is 2.73. The van der Waals surface area contributed by atoms with Gasteiger partial charge in [0.2, 0.25) is 0 Å². The minimum absolute atomic E-state index is 0.424. The molecule has 68 valence electrons. The van der Waals surface area contributed by atoms with Gasteiger partial charge in [-0.1, -0.05) is 18.7 Å². The van der Waals surface area contributed by atoms with Crippen molar-refractivity contribution in [2.45, 2.75) is 0 Å². The van der Waals surface area contributed by atoms with E-state index >= 15 is 0 Å². The zero-order chi connectivity index (χ0) is 9.31. The minimum Gasteiger partial charge on any atom is -0.395 e. The van der Waals surface area contributed by atoms with Gasteiger partial charge in [-0.2, -0.15) is 4.57 Å². The van der Waals surface area contributed by atoms with Gasteiger partial charge in [-0.15, -0.1) is 0 Å². The standard InChI is InChI=1S/C8H7O4P/c1-2-10-13(9)11-7-5-3-4-6-8(7)12-13/h2-6H,1H2. The van der Waals surface area contributed by atoms with Gasteiger partial charge in [0.05, 0.1) is 6.26 Å². The Balaban J connectivity index is 2.31. The second-order valence-corrected chi connectivity index (χ2v) is 3.82. The highest BCUT2D eigenvalue weighted by Crippen LogP contribution is 2.58. The Morgan fingerprint density at radius 1 is 1.31 bits per heavy atom. The molecule has 0 atom stereocenters. The lowest BCUT2D eigenvalue weighted by Gasteiger charge is -2.05. The highest BCUT2D eigenvalue weighted by Gasteiger charge is 2.39. The van der Waals surface area contributed by atoms with Crippen LogP contribution in [0.2, 0.25) is 0 Å². The van der Waals surface area contributed by atoms with Crippen molar-refractivity contribution in [3.8, 4) is 11.5 Å². The number of phosphoric ester groups is 1. The second-order valence-electron chi connectivity index (χ2n) is 2.35. The Bertz CT molecular complexity index is 358. The monoisotopic (exact) mass is 198 g/mol. The van der Waals surface area contributed by atoms with E-state index in [4.69, 9.17) is 9.05 Å². The summed E-state index contributed by atoms with van der Waals surface area (Å²) in [6, 6.07) is 6.82. The summed E-state index contributed by atoms with van der Waals surface area (Å²) in [6.45, 7) is 3.28. The van der Waals surface area contributed by atoms with Gasteiger partial charge < -0.3 is 13.6 Å². The van der Waals surface area contributed by atoms with Crippen LogP contribution < -0.4 is 9.05 Å². The molecule has 0 amide bonds. The molecule has 0 N–H and O–H groups in total. The summed E-state index contributed by atoms with van der Waals surface area (Å²) >= 11 is 0. The summed E-state index contributed by atoms with van der Waals surface area (Å²) in [5, 5.41) is 0. The second kappa shape index (κ2) is 2.82. The molecule has 0 bridgehead atoms. The molecule has 1 aliphatic rings. The quantitative estimate of drug-likeness (QED) is 0.541. The predicted molar refractivity (Wildman–Crippen MR) is 46.6 cm³/mol. The summed E-state index contributed by atoms with van der Waals surface area (Å²) in [5.74, 6) is 0.848. The van der Waals surface area contributed by atoms with Gasteiger partial charge in [-0.05, 0) is 12.1 Å². The molecule has 2 rings (SSSR count). The average molecular weight is 198 g/mol. The molecule has 1 aliphatic heterocycles. The molecule has 5 heteroatoms. The Labute approximate surface area is 75.4 Å². The van der Waals surface area contributed by atoms with E-state index in [0.717, 1.165) is 6.26 Å². The molecule has 13 heavy (non-hydrogen) atoms. The van der Waals surface area contributed by atoms with Crippen LogP contribution in [0.25, 0.3) is 0 Å². The summed E-state index contributed by atoms with van der Waals surface area (Å²) in [5.41, 5.74) is 0. The maximum absolute atomic E-state index is 11.5. The first-order valence-electron chi connectivity index (χ1n) is 3.61. The van der Waals surface area contributed by atoms with E-state index in [0.29, 0.717) is 11.5 Å². The molecule has 0 aliphatic carbocycles. The van der Waals surface area contributed by atoms with Crippen LogP contribution in [-0.2, 0) is 9.09 Å². The maximum atomic E-state index is 11.5. The van der Waals surface area contributed by atoms with E-state index in [1.165, 1.54) is 0 Å². The minimum atomic E-state index is -3.47. The van der Waals surface area contributed by atoms with Gasteiger partial charge in [0, 0.05) is 0 Å². The van der Waals surface area contributed by atoms with E-state index in [2.05, 4.69) is 11.1 Å². The lowest BCUT2D eigenvalue weighted by molar-refractivity contribution is 0.303. The summed E-state index contributed by atoms with van der Waals surface area (Å²) < 4.78 is 26.1. The first kappa shape index (κ1) is 8.20. The molecule has 1 aromatic carbocycles. The first-order chi connectivity index (χ1) is 6.23. The molecule has 0 saturated carbocycles. The fourth-order valence-corrected chi connectivity index (χ4v) is 2.08. The molecule has 1 heterocycles. The molecule has 0 fully saturated rings. The Hall–Kier alpha value is -1.41. The fourth-order valence-electron chi connectivity index (χ4n) is 0.995. The van der Waals surface area contributed by atoms with Crippen molar-refractivity contribution in [3.63, 3.8) is 0 Å². The first-order valence-corrected chi connectivity index (χ1v) is 5.07. The van der Waals surface area contributed by atoms with Crippen LogP contribution in [-0.4, -0.2) is 0 Å². The van der Waals surface area contributed by atoms with E-state index in [9.17, 15) is 4.57 Å². The average Bonchev–Trinajstić information content (AvgIpc) is 2.40. The topological polar surface area (TPSA) is 44.8 Å². The number of fused-ring (bicyclic) bond motifs is 1. The van der Waals surface area contributed by atoms with Crippen LogP contribution >= 0.6 is 7.82 Å². The number of phosphoric acid groups is 1. The summed E-state index contributed by atoms with van der Waals surface area (Å²) in [4.78, 5) is 0. The van der Waals surface area contributed by atoms with E-state index < -0.39 is 7.82 Å². The smallest absolute Gasteiger partial charge is 0.395 e. The molecule has 0 spiro atoms.